The summed E-state index contributed by atoms with van der Waals surface area (Å²) in [4.78, 5) is 9.65. The van der Waals surface area contributed by atoms with Gasteiger partial charge < -0.3 is 17.8 Å². The molecule has 0 unspecified atom stereocenters. The van der Waals surface area contributed by atoms with Crippen LogP contribution in [0.4, 0.5) is 0 Å². The zero-order chi connectivity index (χ0) is 9.11. The minimum atomic E-state index is -0.905. The number of carboxylic acid groups (broad SMARTS) is 1. The fourth-order valence-electron chi connectivity index (χ4n) is 0.179. The molecule has 0 aromatic carbocycles. The molecule has 0 aromatic rings. The van der Waals surface area contributed by atoms with E-state index in [2.05, 4.69) is 12.2 Å². The zero-order valence-electron chi connectivity index (χ0n) is 9.29. The van der Waals surface area contributed by atoms with Crippen molar-refractivity contribution in [2.75, 3.05) is 13.6 Å². The zero-order valence-corrected chi connectivity index (χ0v) is 15.6. The Hall–Kier alpha value is 1.09. The molecule has 3 nitrogen and oxygen atoms in total. The van der Waals surface area contributed by atoms with Crippen LogP contribution in [-0.2, 0) is 4.79 Å². The van der Waals surface area contributed by atoms with E-state index in [1.54, 1.807) is 13.3 Å². The van der Waals surface area contributed by atoms with Crippen LogP contribution in [0.25, 0.3) is 0 Å². The van der Waals surface area contributed by atoms with Crippen LogP contribution in [0.2, 0.25) is 0 Å². The average molecular weight is 306 g/mol. The first kappa shape index (κ1) is 23.7. The first-order valence-corrected chi connectivity index (χ1v) is 3.52. The maximum absolute atomic E-state index is 9.65. The smallest absolute Gasteiger partial charge is 0.491 e. The number of carboxylic acids is 1. The number of allylic oxidation sites excluding steroid dienone is 1. The van der Waals surface area contributed by atoms with Gasteiger partial charge in [-0.1, -0.05) is 6.92 Å². The van der Waals surface area contributed by atoms with Crippen LogP contribution >= 0.6 is 0 Å². The summed E-state index contributed by atoms with van der Waals surface area (Å²) in [6.07, 6.45) is 4.22. The van der Waals surface area contributed by atoms with Crippen LogP contribution in [0.5, 0.6) is 0 Å². The predicted octanol–water partition coefficient (Wildman–Crippen LogP) is -1.47. The van der Waals surface area contributed by atoms with E-state index in [1.807, 2.05) is 7.05 Å². The third-order valence-corrected chi connectivity index (χ3v) is 0.785. The van der Waals surface area contributed by atoms with Crippen LogP contribution in [0.15, 0.2) is 12.2 Å². The van der Waals surface area contributed by atoms with Gasteiger partial charge in [-0.25, -0.2) is 12.5 Å². The van der Waals surface area contributed by atoms with Crippen molar-refractivity contribution >= 4 is 5.97 Å². The number of hydrogen-bond donors (Lipinski definition) is 2. The first-order chi connectivity index (χ1) is 5.18. The van der Waals surface area contributed by atoms with E-state index in [0.717, 1.165) is 12.6 Å². The van der Waals surface area contributed by atoms with Crippen LogP contribution in [0.3, 0.4) is 0 Å². The summed E-state index contributed by atoms with van der Waals surface area (Å²) in [5.41, 5.74) is 0. The van der Waals surface area contributed by atoms with Gasteiger partial charge in [-0.05, 0) is 13.6 Å². The third kappa shape index (κ3) is 43.4. The summed E-state index contributed by atoms with van der Waals surface area (Å²) < 4.78 is 0. The van der Waals surface area contributed by atoms with Gasteiger partial charge in [-0.2, -0.15) is 0 Å². The standard InChI is InChI=1S/C5H7O2.C3H9N.CH3.Cs/c1-2-3-4-5(6)7;1-3-4-2;;/h2-4H,1H3,(H,6,7);4H,3H2,1-2H3;1H3;/q-1;;-1;+1/b4-3+;;;. The summed E-state index contributed by atoms with van der Waals surface area (Å²) in [7, 11) is 1.93. The first-order valence-electron chi connectivity index (χ1n) is 3.52. The van der Waals surface area contributed by atoms with Crippen molar-refractivity contribution < 1.29 is 78.8 Å². The van der Waals surface area contributed by atoms with E-state index in [0.29, 0.717) is 0 Å². The fraction of sp³-hybridized carbons (Fsp3) is 0.444. The van der Waals surface area contributed by atoms with Gasteiger partial charge in [0, 0.05) is 0 Å². The predicted molar refractivity (Wildman–Crippen MR) is 52.8 cm³/mol. The quantitative estimate of drug-likeness (QED) is 0.494. The molecule has 13 heavy (non-hydrogen) atoms. The SMILES string of the molecule is CCNC.C[CH-]/C=C/C(=O)O.[CH3-].[Cs+]. The molecule has 0 spiro atoms. The molecule has 0 aliphatic heterocycles. The van der Waals surface area contributed by atoms with Gasteiger partial charge in [0.15, 0.2) is 0 Å². The second kappa shape index (κ2) is 23.2. The molecule has 0 radical (unpaired) electrons. The molecule has 0 rings (SSSR count). The van der Waals surface area contributed by atoms with Gasteiger partial charge in [-0.15, -0.1) is 13.0 Å². The van der Waals surface area contributed by atoms with Gasteiger partial charge in [0.05, 0.1) is 0 Å². The van der Waals surface area contributed by atoms with Crippen molar-refractivity contribution in [1.82, 2.24) is 5.32 Å². The topological polar surface area (TPSA) is 49.3 Å². The molecule has 0 aliphatic carbocycles. The van der Waals surface area contributed by atoms with Crippen molar-refractivity contribution in [3.8, 4) is 0 Å². The number of hydrogen-bond acceptors (Lipinski definition) is 2. The molecule has 0 fully saturated rings. The molecule has 0 atom stereocenters. The van der Waals surface area contributed by atoms with Crippen LogP contribution in [0.1, 0.15) is 13.8 Å². The third-order valence-electron chi connectivity index (χ3n) is 0.785. The van der Waals surface area contributed by atoms with E-state index < -0.39 is 5.97 Å². The van der Waals surface area contributed by atoms with E-state index >= 15 is 0 Å². The minimum Gasteiger partial charge on any atom is -0.491 e. The Bertz CT molecular complexity index is 114. The molecular formula is C9H19CsNO2-. The molecule has 2 N–H and O–H groups in total. The monoisotopic (exact) mass is 306 g/mol. The second-order valence-corrected chi connectivity index (χ2v) is 1.74. The van der Waals surface area contributed by atoms with Crippen LogP contribution in [0, 0.1) is 13.8 Å². The molecular weight excluding hydrogens is 287 g/mol. The molecule has 0 heterocycles. The van der Waals surface area contributed by atoms with Crippen molar-refractivity contribution in [1.29, 1.82) is 0 Å². The van der Waals surface area contributed by atoms with E-state index in [9.17, 15) is 4.79 Å². The summed E-state index contributed by atoms with van der Waals surface area (Å²) in [5.74, 6) is -0.905. The Labute approximate surface area is 141 Å². The summed E-state index contributed by atoms with van der Waals surface area (Å²) in [6, 6.07) is 0. The average Bonchev–Trinajstić information content (AvgIpc) is 2.01. The molecule has 0 amide bonds. The number of rotatable bonds is 3. The molecule has 0 aromatic heterocycles. The Morgan fingerprint density at radius 1 is 1.62 bits per heavy atom. The van der Waals surface area contributed by atoms with Gasteiger partial charge in [0.2, 0.25) is 5.97 Å². The Kier molecular flexibility index (Phi) is 42.2. The van der Waals surface area contributed by atoms with E-state index in [-0.39, 0.29) is 76.3 Å². The Balaban J connectivity index is -0.0000000600. The van der Waals surface area contributed by atoms with Gasteiger partial charge in [0.25, 0.3) is 0 Å². The van der Waals surface area contributed by atoms with Crippen molar-refractivity contribution in [3.63, 3.8) is 0 Å². The van der Waals surface area contributed by atoms with Crippen LogP contribution < -0.4 is 74.2 Å². The summed E-state index contributed by atoms with van der Waals surface area (Å²) >= 11 is 0. The maximum Gasteiger partial charge on any atom is 1.00 e. The van der Waals surface area contributed by atoms with E-state index in [1.165, 1.54) is 6.08 Å². The van der Waals surface area contributed by atoms with Crippen molar-refractivity contribution in [3.05, 3.63) is 26.0 Å². The van der Waals surface area contributed by atoms with Crippen molar-refractivity contribution in [2.24, 2.45) is 0 Å². The van der Waals surface area contributed by atoms with Crippen LogP contribution in [-0.4, -0.2) is 24.7 Å². The normalized spacial score (nSPS) is 7.31. The molecule has 4 heteroatoms. The number of carbonyl (C=O) groups is 1. The molecule has 0 aliphatic rings. The summed E-state index contributed by atoms with van der Waals surface area (Å²) in [6.45, 7) is 4.90. The number of nitrogens with one attached hydrogen (secondary N) is 1. The van der Waals surface area contributed by atoms with Gasteiger partial charge in [-0.3, -0.25) is 4.79 Å². The molecule has 74 valence electrons. The minimum absolute atomic E-state index is 0. The largest absolute Gasteiger partial charge is 1.00 e. The molecule has 0 saturated heterocycles. The van der Waals surface area contributed by atoms with E-state index in [4.69, 9.17) is 5.11 Å². The van der Waals surface area contributed by atoms with Gasteiger partial charge >= 0.3 is 68.9 Å². The second-order valence-electron chi connectivity index (χ2n) is 1.74. The molecule has 0 bridgehead atoms. The number of aliphatic carboxylic acids is 1. The van der Waals surface area contributed by atoms with Gasteiger partial charge in [0.1, 0.15) is 0 Å². The fourth-order valence-corrected chi connectivity index (χ4v) is 0.179. The summed E-state index contributed by atoms with van der Waals surface area (Å²) in [5, 5.41) is 10.9. The molecule has 0 saturated carbocycles. The van der Waals surface area contributed by atoms with Crippen molar-refractivity contribution in [2.45, 2.75) is 13.8 Å². The Morgan fingerprint density at radius 3 is 2.08 bits per heavy atom. The Morgan fingerprint density at radius 2 is 2.00 bits per heavy atom. The maximum atomic E-state index is 9.65.